The van der Waals surface area contributed by atoms with E-state index in [2.05, 4.69) is 11.6 Å². The maximum Gasteiger partial charge on any atom is 0.236 e. The van der Waals surface area contributed by atoms with Gasteiger partial charge in [-0.2, -0.15) is 0 Å². The molecule has 1 N–H and O–H groups in total. The number of benzene rings is 2. The van der Waals surface area contributed by atoms with Gasteiger partial charge in [0.2, 0.25) is 15.9 Å². The number of aryl methyl sites for hydroxylation is 1. The maximum absolute atomic E-state index is 13.3. The van der Waals surface area contributed by atoms with Gasteiger partial charge in [0.1, 0.15) is 5.82 Å². The highest BCUT2D eigenvalue weighted by molar-refractivity contribution is 7.91. The lowest BCUT2D eigenvalue weighted by molar-refractivity contribution is -0.118. The van der Waals surface area contributed by atoms with Crippen molar-refractivity contribution in [2.24, 2.45) is 0 Å². The summed E-state index contributed by atoms with van der Waals surface area (Å²) < 4.78 is 40.6. The summed E-state index contributed by atoms with van der Waals surface area (Å²) in [5.41, 5.74) is 2.65. The number of fused-ring (bicyclic) bond motifs is 1. The molecule has 0 bridgehead atoms. The van der Waals surface area contributed by atoms with E-state index in [0.717, 1.165) is 24.1 Å². The lowest BCUT2D eigenvalue weighted by Crippen LogP contribution is -2.35. The van der Waals surface area contributed by atoms with Crippen LogP contribution in [0.3, 0.4) is 0 Å². The molecule has 0 radical (unpaired) electrons. The number of nitrogens with one attached hydrogen (secondary N) is 1. The number of carbonyl (C=O) groups is 1. The molecule has 0 saturated carbocycles. The van der Waals surface area contributed by atoms with E-state index in [-0.39, 0.29) is 11.7 Å². The Morgan fingerprint density at radius 2 is 1.96 bits per heavy atom. The third-order valence-corrected chi connectivity index (χ3v) is 5.79. The van der Waals surface area contributed by atoms with Crippen LogP contribution in [0.25, 0.3) is 0 Å². The van der Waals surface area contributed by atoms with Crippen LogP contribution in [0.5, 0.6) is 0 Å². The minimum atomic E-state index is -3.67. The first-order chi connectivity index (χ1) is 12.9. The standard InChI is InChI=1S/C20H23FN2O3S/c1-2-3-11-23-19-9-8-18(13-16(19)7-10-20(23)24)22-27(25,26)14-15-5-4-6-17(21)12-15/h4-6,8-9,12-13,22H,2-3,7,10-11,14H2,1H3. The topological polar surface area (TPSA) is 66.5 Å². The molecule has 3 rings (SSSR count). The van der Waals surface area contributed by atoms with Crippen LogP contribution in [-0.2, 0) is 27.0 Å². The molecule has 0 atom stereocenters. The van der Waals surface area contributed by atoms with Crippen molar-refractivity contribution in [2.45, 2.75) is 38.4 Å². The van der Waals surface area contributed by atoms with Crippen molar-refractivity contribution in [1.29, 1.82) is 0 Å². The summed E-state index contributed by atoms with van der Waals surface area (Å²) in [5.74, 6) is -0.660. The summed E-state index contributed by atoms with van der Waals surface area (Å²) in [5, 5.41) is 0. The molecular formula is C20H23FN2O3S. The monoisotopic (exact) mass is 390 g/mol. The van der Waals surface area contributed by atoms with Gasteiger partial charge in [-0.05, 0) is 54.3 Å². The number of amides is 1. The number of hydrogen-bond donors (Lipinski definition) is 1. The second-order valence-corrected chi connectivity index (χ2v) is 8.46. The number of nitrogens with zero attached hydrogens (tertiary/aromatic N) is 1. The second kappa shape index (κ2) is 8.08. The summed E-state index contributed by atoms with van der Waals surface area (Å²) in [6.07, 6.45) is 2.94. The van der Waals surface area contributed by atoms with Crippen molar-refractivity contribution >= 4 is 27.3 Å². The Balaban J connectivity index is 1.77. The molecule has 0 fully saturated rings. The molecule has 0 saturated heterocycles. The van der Waals surface area contributed by atoms with Crippen LogP contribution in [0.1, 0.15) is 37.3 Å². The molecule has 0 unspecified atom stereocenters. The van der Waals surface area contributed by atoms with Gasteiger partial charge in [0.25, 0.3) is 0 Å². The Kier molecular flexibility index (Phi) is 5.79. The Morgan fingerprint density at radius 3 is 2.70 bits per heavy atom. The zero-order valence-electron chi connectivity index (χ0n) is 15.2. The third kappa shape index (κ3) is 4.86. The van der Waals surface area contributed by atoms with E-state index in [0.29, 0.717) is 30.6 Å². The van der Waals surface area contributed by atoms with Crippen LogP contribution in [0.15, 0.2) is 42.5 Å². The summed E-state index contributed by atoms with van der Waals surface area (Å²) in [7, 11) is -3.67. The summed E-state index contributed by atoms with van der Waals surface area (Å²) >= 11 is 0. The molecule has 0 aliphatic carbocycles. The van der Waals surface area contributed by atoms with E-state index in [1.54, 1.807) is 29.2 Å². The first-order valence-corrected chi connectivity index (χ1v) is 10.7. The minimum Gasteiger partial charge on any atom is -0.312 e. The van der Waals surface area contributed by atoms with Crippen molar-refractivity contribution in [2.75, 3.05) is 16.2 Å². The van der Waals surface area contributed by atoms with Gasteiger partial charge in [-0.3, -0.25) is 9.52 Å². The molecule has 144 valence electrons. The maximum atomic E-state index is 13.3. The second-order valence-electron chi connectivity index (χ2n) is 6.73. The van der Waals surface area contributed by atoms with Crippen molar-refractivity contribution in [3.8, 4) is 0 Å². The van der Waals surface area contributed by atoms with Gasteiger partial charge in [-0.25, -0.2) is 12.8 Å². The number of unbranched alkanes of at least 4 members (excludes halogenated alkanes) is 1. The van der Waals surface area contributed by atoms with Crippen molar-refractivity contribution in [3.63, 3.8) is 0 Å². The van der Waals surface area contributed by atoms with Crippen LogP contribution in [0, 0.1) is 5.82 Å². The first kappa shape index (κ1) is 19.4. The molecule has 5 nitrogen and oxygen atoms in total. The largest absolute Gasteiger partial charge is 0.312 e. The quantitative estimate of drug-likeness (QED) is 0.781. The van der Waals surface area contributed by atoms with Gasteiger partial charge in [0.15, 0.2) is 0 Å². The van der Waals surface area contributed by atoms with Gasteiger partial charge >= 0.3 is 0 Å². The fourth-order valence-corrected chi connectivity index (χ4v) is 4.42. The molecule has 2 aromatic carbocycles. The lowest BCUT2D eigenvalue weighted by atomic mass is 10.00. The lowest BCUT2D eigenvalue weighted by Gasteiger charge is -2.29. The number of hydrogen-bond acceptors (Lipinski definition) is 3. The van der Waals surface area contributed by atoms with E-state index < -0.39 is 15.8 Å². The molecular weight excluding hydrogens is 367 g/mol. The fourth-order valence-electron chi connectivity index (χ4n) is 3.25. The molecule has 1 heterocycles. The fraction of sp³-hybridized carbons (Fsp3) is 0.350. The van der Waals surface area contributed by atoms with Gasteiger partial charge in [-0.1, -0.05) is 25.5 Å². The van der Waals surface area contributed by atoms with Gasteiger partial charge < -0.3 is 4.90 Å². The molecule has 7 heteroatoms. The Bertz CT molecular complexity index is 944. The minimum absolute atomic E-state index is 0.107. The average molecular weight is 390 g/mol. The number of carbonyl (C=O) groups excluding carboxylic acids is 1. The van der Waals surface area contributed by atoms with Crippen LogP contribution < -0.4 is 9.62 Å². The highest BCUT2D eigenvalue weighted by atomic mass is 32.2. The average Bonchev–Trinajstić information content (AvgIpc) is 2.60. The number of sulfonamides is 1. The predicted octanol–water partition coefficient (Wildman–Crippen LogP) is 3.85. The van der Waals surface area contributed by atoms with Crippen LogP contribution >= 0.6 is 0 Å². The highest BCUT2D eigenvalue weighted by Gasteiger charge is 2.24. The van der Waals surface area contributed by atoms with E-state index in [1.807, 2.05) is 0 Å². The first-order valence-electron chi connectivity index (χ1n) is 9.06. The smallest absolute Gasteiger partial charge is 0.236 e. The van der Waals surface area contributed by atoms with E-state index in [1.165, 1.54) is 18.2 Å². The third-order valence-electron chi connectivity index (χ3n) is 4.53. The number of halogens is 1. The van der Waals surface area contributed by atoms with Crippen molar-refractivity contribution < 1.29 is 17.6 Å². The SMILES string of the molecule is CCCCN1C(=O)CCc2cc(NS(=O)(=O)Cc3cccc(F)c3)ccc21. The van der Waals surface area contributed by atoms with Gasteiger partial charge in [0, 0.05) is 24.3 Å². The van der Waals surface area contributed by atoms with E-state index in [9.17, 15) is 17.6 Å². The van der Waals surface area contributed by atoms with E-state index in [4.69, 9.17) is 0 Å². The van der Waals surface area contributed by atoms with Crippen molar-refractivity contribution in [3.05, 3.63) is 59.4 Å². The summed E-state index contributed by atoms with van der Waals surface area (Å²) in [6, 6.07) is 10.8. The predicted molar refractivity (Wildman–Crippen MR) is 105 cm³/mol. The van der Waals surface area contributed by atoms with Gasteiger partial charge in [-0.15, -0.1) is 0 Å². The van der Waals surface area contributed by atoms with Gasteiger partial charge in [0.05, 0.1) is 5.75 Å². The molecule has 1 aliphatic heterocycles. The Labute approximate surface area is 159 Å². The molecule has 0 spiro atoms. The Morgan fingerprint density at radius 1 is 1.15 bits per heavy atom. The highest BCUT2D eigenvalue weighted by Crippen LogP contribution is 2.31. The van der Waals surface area contributed by atoms with Crippen LogP contribution in [0.2, 0.25) is 0 Å². The molecule has 1 aliphatic rings. The molecule has 0 aromatic heterocycles. The van der Waals surface area contributed by atoms with E-state index >= 15 is 0 Å². The number of rotatable bonds is 7. The Hall–Kier alpha value is -2.41. The zero-order chi connectivity index (χ0) is 19.4. The molecule has 2 aromatic rings. The number of anilines is 2. The van der Waals surface area contributed by atoms with Crippen LogP contribution in [-0.4, -0.2) is 20.9 Å². The summed E-state index contributed by atoms with van der Waals surface area (Å²) in [4.78, 5) is 14.0. The summed E-state index contributed by atoms with van der Waals surface area (Å²) in [6.45, 7) is 2.75. The van der Waals surface area contributed by atoms with Crippen LogP contribution in [0.4, 0.5) is 15.8 Å². The zero-order valence-corrected chi connectivity index (χ0v) is 16.1. The molecule has 1 amide bonds. The van der Waals surface area contributed by atoms with Crippen molar-refractivity contribution in [1.82, 2.24) is 0 Å². The normalized spacial score (nSPS) is 14.1. The molecule has 27 heavy (non-hydrogen) atoms.